The Bertz CT molecular complexity index is 471. The zero-order valence-corrected chi connectivity index (χ0v) is 15.7. The van der Waals surface area contributed by atoms with Crippen LogP contribution in [-0.4, -0.2) is 79.7 Å². The summed E-state index contributed by atoms with van der Waals surface area (Å²) in [5.74, 6) is 0.526. The van der Waals surface area contributed by atoms with Gasteiger partial charge in [-0.1, -0.05) is 0 Å². The van der Waals surface area contributed by atoms with Gasteiger partial charge in [0.1, 0.15) is 12.1 Å². The molecule has 0 aromatic rings. The van der Waals surface area contributed by atoms with E-state index >= 15 is 0 Å². The summed E-state index contributed by atoms with van der Waals surface area (Å²) in [5, 5.41) is 6.40. The molecular formula is C16H31N5O3. The van der Waals surface area contributed by atoms with Crippen LogP contribution in [0.4, 0.5) is 4.79 Å². The molecule has 138 valence electrons. The standard InChI is InChI=1S/C16H31N5O3/c1-7-17-14(18-10-13(22)20(5)6)19-12-8-9-21(11-12)15(23)24-16(2,3)4/h12H,7-11H2,1-6H3,(H2,17,18,19). The molecule has 1 aliphatic rings. The fourth-order valence-corrected chi connectivity index (χ4v) is 2.17. The Labute approximate surface area is 144 Å². The molecule has 8 nitrogen and oxygen atoms in total. The number of rotatable bonds is 4. The van der Waals surface area contributed by atoms with Gasteiger partial charge in [0.25, 0.3) is 0 Å². The molecule has 1 atom stereocenters. The highest BCUT2D eigenvalue weighted by Crippen LogP contribution is 2.15. The Balaban J connectivity index is 2.56. The van der Waals surface area contributed by atoms with E-state index in [1.54, 1.807) is 19.0 Å². The van der Waals surface area contributed by atoms with Gasteiger partial charge in [0.05, 0.1) is 0 Å². The lowest BCUT2D eigenvalue weighted by molar-refractivity contribution is -0.127. The number of amides is 2. The Kier molecular flexibility index (Phi) is 7.31. The fraction of sp³-hybridized carbons (Fsp3) is 0.812. The number of nitrogens with one attached hydrogen (secondary N) is 2. The summed E-state index contributed by atoms with van der Waals surface area (Å²) in [5.41, 5.74) is -0.495. The molecule has 1 fully saturated rings. The number of likely N-dealkylation sites (N-methyl/N-ethyl adjacent to an activating group) is 1. The highest BCUT2D eigenvalue weighted by atomic mass is 16.6. The van der Waals surface area contributed by atoms with E-state index in [1.807, 2.05) is 27.7 Å². The van der Waals surface area contributed by atoms with Gasteiger partial charge >= 0.3 is 6.09 Å². The van der Waals surface area contributed by atoms with Gasteiger partial charge in [-0.15, -0.1) is 0 Å². The number of hydrogen-bond donors (Lipinski definition) is 2. The predicted octanol–water partition coefficient (Wildman–Crippen LogP) is 0.639. The van der Waals surface area contributed by atoms with E-state index in [9.17, 15) is 9.59 Å². The van der Waals surface area contributed by atoms with Crippen LogP contribution in [0, 0.1) is 0 Å². The minimum absolute atomic E-state index is 0.0611. The summed E-state index contributed by atoms with van der Waals surface area (Å²) in [6, 6.07) is 0.0878. The second-order valence-electron chi connectivity index (χ2n) is 7.04. The number of carbonyl (C=O) groups excluding carboxylic acids is 2. The molecule has 8 heteroatoms. The number of aliphatic imine (C=N–C) groups is 1. The first-order valence-corrected chi connectivity index (χ1v) is 8.35. The van der Waals surface area contributed by atoms with Crippen LogP contribution < -0.4 is 10.6 Å². The van der Waals surface area contributed by atoms with Crippen LogP contribution >= 0.6 is 0 Å². The predicted molar refractivity (Wildman–Crippen MR) is 94.0 cm³/mol. The average molecular weight is 341 g/mol. The maximum atomic E-state index is 12.1. The topological polar surface area (TPSA) is 86.3 Å². The first-order valence-electron chi connectivity index (χ1n) is 8.35. The molecule has 1 heterocycles. The van der Waals surface area contributed by atoms with Crippen molar-refractivity contribution in [1.29, 1.82) is 0 Å². The minimum Gasteiger partial charge on any atom is -0.444 e. The maximum Gasteiger partial charge on any atom is 0.410 e. The average Bonchev–Trinajstić information content (AvgIpc) is 2.91. The van der Waals surface area contributed by atoms with E-state index in [0.29, 0.717) is 25.6 Å². The van der Waals surface area contributed by atoms with Crippen LogP contribution in [0.1, 0.15) is 34.1 Å². The van der Waals surface area contributed by atoms with Gasteiger partial charge in [-0.25, -0.2) is 9.79 Å². The third-order valence-electron chi connectivity index (χ3n) is 3.40. The molecule has 2 amide bonds. The highest BCUT2D eigenvalue weighted by Gasteiger charge is 2.30. The Morgan fingerprint density at radius 2 is 2.00 bits per heavy atom. The smallest absolute Gasteiger partial charge is 0.410 e. The van der Waals surface area contributed by atoms with Crippen molar-refractivity contribution in [1.82, 2.24) is 20.4 Å². The number of ether oxygens (including phenoxy) is 1. The summed E-state index contributed by atoms with van der Waals surface area (Å²) in [6.07, 6.45) is 0.516. The van der Waals surface area contributed by atoms with Crippen molar-refractivity contribution in [2.24, 2.45) is 4.99 Å². The molecule has 0 spiro atoms. The Morgan fingerprint density at radius 1 is 1.33 bits per heavy atom. The number of hydrogen-bond acceptors (Lipinski definition) is 4. The molecule has 0 radical (unpaired) electrons. The van der Waals surface area contributed by atoms with E-state index in [0.717, 1.165) is 6.42 Å². The van der Waals surface area contributed by atoms with Crippen LogP contribution in [0.5, 0.6) is 0 Å². The van der Waals surface area contributed by atoms with Crippen molar-refractivity contribution >= 4 is 18.0 Å². The molecule has 0 bridgehead atoms. The zero-order valence-electron chi connectivity index (χ0n) is 15.7. The molecule has 0 aromatic heterocycles. The Morgan fingerprint density at radius 3 is 2.54 bits per heavy atom. The van der Waals surface area contributed by atoms with E-state index in [-0.39, 0.29) is 24.6 Å². The molecule has 1 rings (SSSR count). The summed E-state index contributed by atoms with van der Waals surface area (Å²) in [4.78, 5) is 31.2. The fourth-order valence-electron chi connectivity index (χ4n) is 2.17. The molecule has 0 saturated carbocycles. The summed E-state index contributed by atoms with van der Waals surface area (Å²) in [7, 11) is 3.40. The molecule has 0 aromatic carbocycles. The van der Waals surface area contributed by atoms with E-state index in [4.69, 9.17) is 4.74 Å². The van der Waals surface area contributed by atoms with Gasteiger partial charge in [-0.2, -0.15) is 0 Å². The van der Waals surface area contributed by atoms with Crippen molar-refractivity contribution in [2.75, 3.05) is 40.3 Å². The van der Waals surface area contributed by atoms with Gasteiger partial charge in [-0.3, -0.25) is 4.79 Å². The van der Waals surface area contributed by atoms with Crippen LogP contribution in [0.25, 0.3) is 0 Å². The summed E-state index contributed by atoms with van der Waals surface area (Å²) >= 11 is 0. The monoisotopic (exact) mass is 341 g/mol. The quantitative estimate of drug-likeness (QED) is 0.579. The van der Waals surface area contributed by atoms with Gasteiger partial charge < -0.3 is 25.2 Å². The maximum absolute atomic E-state index is 12.1. The van der Waals surface area contributed by atoms with E-state index in [1.165, 1.54) is 4.90 Å². The van der Waals surface area contributed by atoms with Crippen LogP contribution in [0.2, 0.25) is 0 Å². The second kappa shape index (κ2) is 8.75. The second-order valence-corrected chi connectivity index (χ2v) is 7.04. The molecule has 1 aliphatic heterocycles. The van der Waals surface area contributed by atoms with Gasteiger partial charge in [0.15, 0.2) is 5.96 Å². The van der Waals surface area contributed by atoms with Gasteiger partial charge in [0.2, 0.25) is 5.91 Å². The van der Waals surface area contributed by atoms with Gasteiger partial charge in [-0.05, 0) is 34.1 Å². The molecule has 24 heavy (non-hydrogen) atoms. The molecular weight excluding hydrogens is 310 g/mol. The summed E-state index contributed by atoms with van der Waals surface area (Å²) in [6.45, 7) is 9.52. The van der Waals surface area contributed by atoms with Crippen molar-refractivity contribution in [2.45, 2.75) is 45.8 Å². The number of likely N-dealkylation sites (tertiary alicyclic amines) is 1. The van der Waals surface area contributed by atoms with Crippen LogP contribution in [0.3, 0.4) is 0 Å². The first kappa shape index (κ1) is 20.1. The molecule has 1 saturated heterocycles. The molecule has 0 aliphatic carbocycles. The van der Waals surface area contributed by atoms with Crippen LogP contribution in [0.15, 0.2) is 4.99 Å². The summed E-state index contributed by atoms with van der Waals surface area (Å²) < 4.78 is 5.39. The van der Waals surface area contributed by atoms with Gasteiger partial charge in [0, 0.05) is 39.8 Å². The van der Waals surface area contributed by atoms with Crippen molar-refractivity contribution in [3.8, 4) is 0 Å². The van der Waals surface area contributed by atoms with Crippen molar-refractivity contribution in [3.05, 3.63) is 0 Å². The number of carbonyl (C=O) groups is 2. The first-order chi connectivity index (χ1) is 11.1. The van der Waals surface area contributed by atoms with Crippen molar-refractivity contribution in [3.63, 3.8) is 0 Å². The highest BCUT2D eigenvalue weighted by molar-refractivity contribution is 5.85. The lowest BCUT2D eigenvalue weighted by Crippen LogP contribution is -2.45. The zero-order chi connectivity index (χ0) is 18.3. The molecule has 1 unspecified atom stereocenters. The lowest BCUT2D eigenvalue weighted by Gasteiger charge is -2.24. The third kappa shape index (κ3) is 7.06. The lowest BCUT2D eigenvalue weighted by atomic mass is 10.2. The Hall–Kier alpha value is -1.99. The molecule has 2 N–H and O–H groups in total. The normalized spacial score (nSPS) is 18.3. The largest absolute Gasteiger partial charge is 0.444 e. The number of nitrogens with zero attached hydrogens (tertiary/aromatic N) is 3. The van der Waals surface area contributed by atoms with E-state index < -0.39 is 5.60 Å². The van der Waals surface area contributed by atoms with Crippen molar-refractivity contribution < 1.29 is 14.3 Å². The number of guanidine groups is 1. The SMILES string of the molecule is CCNC(=NCC(=O)N(C)C)NC1CCN(C(=O)OC(C)(C)C)C1. The minimum atomic E-state index is -0.495. The third-order valence-corrected chi connectivity index (χ3v) is 3.40. The van der Waals surface area contributed by atoms with Crippen LogP contribution in [-0.2, 0) is 9.53 Å². The van der Waals surface area contributed by atoms with E-state index in [2.05, 4.69) is 15.6 Å².